The fraction of sp³-hybridized carbons (Fsp3) is 0.467. The largest absolute Gasteiger partial charge is 0.376 e. The predicted octanol–water partition coefficient (Wildman–Crippen LogP) is 1.91. The van der Waals surface area contributed by atoms with E-state index in [9.17, 15) is 9.59 Å². The third kappa shape index (κ3) is 4.74. The van der Waals surface area contributed by atoms with Gasteiger partial charge in [-0.05, 0) is 43.5 Å². The normalized spacial score (nSPS) is 14.1. The summed E-state index contributed by atoms with van der Waals surface area (Å²) in [7, 11) is 0. The number of carbonyl (C=O) groups is 2. The second kappa shape index (κ2) is 7.45. The minimum atomic E-state index is -0.176. The molecular weight excluding hydrogens is 334 g/mol. The fourth-order valence-electron chi connectivity index (χ4n) is 2.32. The molecule has 21 heavy (non-hydrogen) atoms. The van der Waals surface area contributed by atoms with Gasteiger partial charge in [-0.15, -0.1) is 0 Å². The molecule has 114 valence electrons. The minimum absolute atomic E-state index is 0.000622. The summed E-state index contributed by atoms with van der Waals surface area (Å²) in [5.41, 5.74) is 1.98. The first-order valence-corrected chi connectivity index (χ1v) is 7.90. The van der Waals surface area contributed by atoms with E-state index in [2.05, 4.69) is 26.6 Å². The van der Waals surface area contributed by atoms with E-state index >= 15 is 0 Å². The first kappa shape index (κ1) is 15.8. The third-order valence-corrected chi connectivity index (χ3v) is 4.02. The van der Waals surface area contributed by atoms with Gasteiger partial charge in [0.25, 0.3) is 0 Å². The minimum Gasteiger partial charge on any atom is -0.376 e. The van der Waals surface area contributed by atoms with Crippen LogP contribution in [0.4, 0.5) is 5.69 Å². The Morgan fingerprint density at radius 2 is 1.95 bits per heavy atom. The molecule has 1 aliphatic rings. The van der Waals surface area contributed by atoms with Crippen molar-refractivity contribution in [3.8, 4) is 0 Å². The maximum Gasteiger partial charge on any atom is 0.241 e. The summed E-state index contributed by atoms with van der Waals surface area (Å²) in [6, 6.07) is 5.82. The zero-order valence-electron chi connectivity index (χ0n) is 12.1. The highest BCUT2D eigenvalue weighted by Gasteiger charge is 2.17. The molecule has 0 atom stereocenters. The average Bonchev–Trinajstić information content (AvgIpc) is 2.98. The van der Waals surface area contributed by atoms with Crippen molar-refractivity contribution in [2.75, 3.05) is 31.5 Å². The summed E-state index contributed by atoms with van der Waals surface area (Å²) in [5, 5.41) is 5.73. The van der Waals surface area contributed by atoms with Crippen LogP contribution in [-0.2, 0) is 9.59 Å². The predicted molar refractivity (Wildman–Crippen MR) is 86.2 cm³/mol. The number of hydrogen-bond donors (Lipinski definition) is 2. The van der Waals surface area contributed by atoms with Gasteiger partial charge in [0.05, 0.1) is 13.1 Å². The standard InChI is InChI=1S/C15H20BrN3O2/c1-11-8-12(16)4-5-13(11)17-9-14(20)18-10-15(21)19-6-2-3-7-19/h4-5,8,17H,2-3,6-7,9-10H2,1H3,(H,18,20). The van der Waals surface area contributed by atoms with E-state index < -0.39 is 0 Å². The lowest BCUT2D eigenvalue weighted by atomic mass is 10.2. The highest BCUT2D eigenvalue weighted by molar-refractivity contribution is 9.10. The van der Waals surface area contributed by atoms with Crippen molar-refractivity contribution < 1.29 is 9.59 Å². The first-order valence-electron chi connectivity index (χ1n) is 7.11. The number of carbonyl (C=O) groups excluding carboxylic acids is 2. The van der Waals surface area contributed by atoms with E-state index in [-0.39, 0.29) is 24.9 Å². The van der Waals surface area contributed by atoms with Crippen LogP contribution in [0.3, 0.4) is 0 Å². The average molecular weight is 354 g/mol. The van der Waals surface area contributed by atoms with Gasteiger partial charge in [-0.1, -0.05) is 15.9 Å². The molecule has 0 bridgehead atoms. The van der Waals surface area contributed by atoms with E-state index in [4.69, 9.17) is 0 Å². The summed E-state index contributed by atoms with van der Waals surface area (Å²) >= 11 is 3.40. The van der Waals surface area contributed by atoms with Gasteiger partial charge < -0.3 is 15.5 Å². The lowest BCUT2D eigenvalue weighted by Gasteiger charge is -2.15. The van der Waals surface area contributed by atoms with Gasteiger partial charge in [0.1, 0.15) is 0 Å². The zero-order valence-corrected chi connectivity index (χ0v) is 13.7. The van der Waals surface area contributed by atoms with Crippen molar-refractivity contribution in [1.29, 1.82) is 0 Å². The van der Waals surface area contributed by atoms with Crippen LogP contribution in [-0.4, -0.2) is 42.9 Å². The molecule has 2 rings (SSSR count). The summed E-state index contributed by atoms with van der Waals surface area (Å²) in [6.45, 7) is 3.84. The molecule has 0 aliphatic carbocycles. The Bertz CT molecular complexity index is 528. The maximum absolute atomic E-state index is 11.8. The van der Waals surface area contributed by atoms with Crippen molar-refractivity contribution >= 4 is 33.4 Å². The lowest BCUT2D eigenvalue weighted by Crippen LogP contribution is -2.40. The molecule has 2 amide bonds. The van der Waals surface area contributed by atoms with E-state index in [1.54, 1.807) is 4.90 Å². The zero-order chi connectivity index (χ0) is 15.2. The molecule has 1 aliphatic heterocycles. The van der Waals surface area contributed by atoms with Crippen molar-refractivity contribution in [2.24, 2.45) is 0 Å². The van der Waals surface area contributed by atoms with E-state index in [1.165, 1.54) is 0 Å². The molecule has 2 N–H and O–H groups in total. The molecule has 0 unspecified atom stereocenters. The Labute approximate surface area is 133 Å². The van der Waals surface area contributed by atoms with E-state index in [1.807, 2.05) is 25.1 Å². The molecule has 0 aromatic heterocycles. The van der Waals surface area contributed by atoms with Crippen LogP contribution in [0.5, 0.6) is 0 Å². The maximum atomic E-state index is 11.8. The molecule has 1 fully saturated rings. The van der Waals surface area contributed by atoms with E-state index in [0.717, 1.165) is 41.7 Å². The number of aryl methyl sites for hydroxylation is 1. The van der Waals surface area contributed by atoms with Crippen LogP contribution >= 0.6 is 15.9 Å². The number of hydrogen-bond acceptors (Lipinski definition) is 3. The Hall–Kier alpha value is -1.56. The van der Waals surface area contributed by atoms with Crippen LogP contribution in [0.1, 0.15) is 18.4 Å². The van der Waals surface area contributed by atoms with Gasteiger partial charge in [0.15, 0.2) is 0 Å². The number of halogens is 1. The van der Waals surface area contributed by atoms with Crippen LogP contribution in [0, 0.1) is 6.92 Å². The van der Waals surface area contributed by atoms with Gasteiger partial charge in [0.2, 0.25) is 11.8 Å². The number of amides is 2. The Morgan fingerprint density at radius 3 is 2.62 bits per heavy atom. The van der Waals surface area contributed by atoms with Crippen molar-refractivity contribution in [3.05, 3.63) is 28.2 Å². The van der Waals surface area contributed by atoms with Crippen LogP contribution in [0.15, 0.2) is 22.7 Å². The molecule has 0 spiro atoms. The van der Waals surface area contributed by atoms with Crippen LogP contribution in [0.2, 0.25) is 0 Å². The van der Waals surface area contributed by atoms with Gasteiger partial charge in [-0.25, -0.2) is 0 Å². The fourth-order valence-corrected chi connectivity index (χ4v) is 2.79. The van der Waals surface area contributed by atoms with Gasteiger partial charge in [0, 0.05) is 23.2 Å². The number of nitrogens with one attached hydrogen (secondary N) is 2. The summed E-state index contributed by atoms with van der Waals surface area (Å²) in [4.78, 5) is 25.4. The molecular formula is C15H20BrN3O2. The topological polar surface area (TPSA) is 61.4 Å². The third-order valence-electron chi connectivity index (χ3n) is 3.52. The monoisotopic (exact) mass is 353 g/mol. The number of benzene rings is 1. The highest BCUT2D eigenvalue weighted by atomic mass is 79.9. The van der Waals surface area contributed by atoms with Gasteiger partial charge in [-0.3, -0.25) is 9.59 Å². The van der Waals surface area contributed by atoms with Crippen molar-refractivity contribution in [3.63, 3.8) is 0 Å². The molecule has 1 heterocycles. The number of rotatable bonds is 5. The number of nitrogens with zero attached hydrogens (tertiary/aromatic N) is 1. The van der Waals surface area contributed by atoms with Gasteiger partial charge >= 0.3 is 0 Å². The van der Waals surface area contributed by atoms with Crippen molar-refractivity contribution in [1.82, 2.24) is 10.2 Å². The molecule has 6 heteroatoms. The molecule has 5 nitrogen and oxygen atoms in total. The van der Waals surface area contributed by atoms with Crippen molar-refractivity contribution in [2.45, 2.75) is 19.8 Å². The highest BCUT2D eigenvalue weighted by Crippen LogP contribution is 2.19. The number of likely N-dealkylation sites (tertiary alicyclic amines) is 1. The summed E-state index contributed by atoms with van der Waals surface area (Å²) < 4.78 is 1.01. The Balaban J connectivity index is 1.73. The lowest BCUT2D eigenvalue weighted by molar-refractivity contribution is -0.131. The summed E-state index contributed by atoms with van der Waals surface area (Å²) in [6.07, 6.45) is 2.12. The Kier molecular flexibility index (Phi) is 5.61. The summed E-state index contributed by atoms with van der Waals surface area (Å²) in [5.74, 6) is -0.175. The SMILES string of the molecule is Cc1cc(Br)ccc1NCC(=O)NCC(=O)N1CCCC1. The quantitative estimate of drug-likeness (QED) is 0.849. The Morgan fingerprint density at radius 1 is 1.24 bits per heavy atom. The molecule has 1 aromatic carbocycles. The van der Waals surface area contributed by atoms with E-state index in [0.29, 0.717) is 0 Å². The smallest absolute Gasteiger partial charge is 0.241 e. The first-order chi connectivity index (χ1) is 10.1. The van der Waals surface area contributed by atoms with Crippen LogP contribution in [0.25, 0.3) is 0 Å². The molecule has 1 aromatic rings. The second-order valence-corrected chi connectivity index (χ2v) is 6.09. The van der Waals surface area contributed by atoms with Gasteiger partial charge in [-0.2, -0.15) is 0 Å². The second-order valence-electron chi connectivity index (χ2n) is 5.18. The molecule has 1 saturated heterocycles. The molecule has 0 radical (unpaired) electrons. The molecule has 0 saturated carbocycles. The van der Waals surface area contributed by atoms with Crippen LogP contribution < -0.4 is 10.6 Å². The number of anilines is 1.